The van der Waals surface area contributed by atoms with E-state index in [1.165, 1.54) is 11.1 Å². The summed E-state index contributed by atoms with van der Waals surface area (Å²) in [7, 11) is 0. The maximum atomic E-state index is 2.12. The molecule has 0 spiro atoms. The Morgan fingerprint density at radius 2 is 1.13 bits per heavy atom. The van der Waals surface area contributed by atoms with E-state index in [4.69, 9.17) is 0 Å². The third-order valence-electron chi connectivity index (χ3n) is 1.77. The minimum Gasteiger partial charge on any atom is -1.00 e. The fourth-order valence-corrected chi connectivity index (χ4v) is 1.20. The fraction of sp³-hybridized carbons (Fsp3) is 0. The van der Waals surface area contributed by atoms with Gasteiger partial charge in [0.1, 0.15) is 0 Å². The summed E-state index contributed by atoms with van der Waals surface area (Å²) in [6.45, 7) is 0. The third-order valence-corrected chi connectivity index (χ3v) is 1.77. The summed E-state index contributed by atoms with van der Waals surface area (Å²) in [4.78, 5) is 0. The zero-order valence-corrected chi connectivity index (χ0v) is 13.7. The standard InChI is InChI=1S/C11H9.3ClH.Hf/c1-2-6-10(7-3-1)11-8-4-5-9-11;;;;/h1-9H;3*1H;/q-1;;;;+4/p-3. The molecule has 0 amide bonds. The van der Waals surface area contributed by atoms with Crippen LogP contribution in [0, 0.1) is 0 Å². The molecular formula is C11H9Cl3Hf. The zero-order chi connectivity index (χ0) is 7.52. The Kier molecular flexibility index (Phi) is 14.9. The van der Waals surface area contributed by atoms with Gasteiger partial charge in [0.05, 0.1) is 0 Å². The molecule has 0 aromatic heterocycles. The summed E-state index contributed by atoms with van der Waals surface area (Å²) >= 11 is 0. The third kappa shape index (κ3) is 5.82. The van der Waals surface area contributed by atoms with Crippen molar-refractivity contribution in [3.63, 3.8) is 0 Å². The van der Waals surface area contributed by atoms with Crippen molar-refractivity contribution in [3.8, 4) is 11.1 Å². The largest absolute Gasteiger partial charge is 4.00 e. The maximum Gasteiger partial charge on any atom is 4.00 e. The monoisotopic (exact) mass is 426 g/mol. The molecule has 78 valence electrons. The summed E-state index contributed by atoms with van der Waals surface area (Å²) in [6.07, 6.45) is 0. The second-order valence-corrected chi connectivity index (χ2v) is 2.54. The topological polar surface area (TPSA) is 0 Å². The van der Waals surface area contributed by atoms with Gasteiger partial charge in [-0.2, -0.15) is 12.1 Å². The molecule has 0 unspecified atom stereocenters. The molecule has 0 nitrogen and oxygen atoms in total. The first kappa shape index (κ1) is 20.7. The number of hydrogen-bond donors (Lipinski definition) is 0. The Hall–Kier alpha value is 0.310. The van der Waals surface area contributed by atoms with Crippen LogP contribution in [0.25, 0.3) is 11.1 Å². The van der Waals surface area contributed by atoms with Crippen LogP contribution in [0.1, 0.15) is 0 Å². The molecule has 0 aliphatic heterocycles. The Morgan fingerprint density at radius 3 is 1.60 bits per heavy atom. The van der Waals surface area contributed by atoms with E-state index in [9.17, 15) is 0 Å². The molecule has 2 aromatic carbocycles. The van der Waals surface area contributed by atoms with E-state index in [1.54, 1.807) is 0 Å². The van der Waals surface area contributed by atoms with Crippen molar-refractivity contribution >= 4 is 0 Å². The molecule has 0 fully saturated rings. The Bertz CT molecular complexity index is 319. The van der Waals surface area contributed by atoms with Crippen LogP contribution >= 0.6 is 0 Å². The van der Waals surface area contributed by atoms with E-state index >= 15 is 0 Å². The summed E-state index contributed by atoms with van der Waals surface area (Å²) in [5.74, 6) is 0. The summed E-state index contributed by atoms with van der Waals surface area (Å²) in [5, 5.41) is 0. The molecule has 0 saturated heterocycles. The van der Waals surface area contributed by atoms with Crippen LogP contribution in [0.5, 0.6) is 0 Å². The van der Waals surface area contributed by atoms with Crippen LogP contribution in [0.2, 0.25) is 0 Å². The van der Waals surface area contributed by atoms with Crippen LogP contribution in [0.4, 0.5) is 0 Å². The van der Waals surface area contributed by atoms with Crippen molar-refractivity contribution in [2.45, 2.75) is 0 Å². The molecule has 15 heavy (non-hydrogen) atoms. The average Bonchev–Trinajstić information content (AvgIpc) is 2.58. The van der Waals surface area contributed by atoms with Crippen LogP contribution in [0.3, 0.4) is 0 Å². The van der Waals surface area contributed by atoms with Gasteiger partial charge in [-0.15, -0.1) is 29.8 Å². The molecule has 0 heterocycles. The molecular weight excluding hydrogens is 417 g/mol. The smallest absolute Gasteiger partial charge is 1.00 e. The van der Waals surface area contributed by atoms with Crippen molar-refractivity contribution < 1.29 is 63.1 Å². The molecule has 0 bridgehead atoms. The second-order valence-electron chi connectivity index (χ2n) is 2.54. The van der Waals surface area contributed by atoms with Gasteiger partial charge in [0.2, 0.25) is 0 Å². The Morgan fingerprint density at radius 1 is 0.667 bits per heavy atom. The predicted octanol–water partition coefficient (Wildman–Crippen LogP) is -5.92. The molecule has 0 N–H and O–H groups in total. The van der Waals surface area contributed by atoms with Gasteiger partial charge in [0.25, 0.3) is 0 Å². The van der Waals surface area contributed by atoms with Gasteiger partial charge in [-0.3, -0.25) is 0 Å². The van der Waals surface area contributed by atoms with E-state index in [2.05, 4.69) is 48.5 Å². The first-order valence-corrected chi connectivity index (χ1v) is 3.74. The molecule has 2 rings (SSSR count). The van der Waals surface area contributed by atoms with E-state index in [-0.39, 0.29) is 63.1 Å². The maximum absolute atomic E-state index is 2.12. The average molecular weight is 426 g/mol. The minimum atomic E-state index is 0. The summed E-state index contributed by atoms with van der Waals surface area (Å²) < 4.78 is 0. The molecule has 2 aromatic rings. The van der Waals surface area contributed by atoms with Crippen LogP contribution in [-0.2, 0) is 25.8 Å². The van der Waals surface area contributed by atoms with Crippen LogP contribution in [0.15, 0.2) is 54.6 Å². The predicted molar refractivity (Wildman–Crippen MR) is 47.5 cm³/mol. The van der Waals surface area contributed by atoms with Crippen molar-refractivity contribution in [1.82, 2.24) is 0 Å². The van der Waals surface area contributed by atoms with Crippen molar-refractivity contribution in [3.05, 3.63) is 54.6 Å². The molecule has 0 saturated carbocycles. The van der Waals surface area contributed by atoms with Crippen molar-refractivity contribution in [1.29, 1.82) is 0 Å². The molecule has 4 heteroatoms. The SMILES string of the molecule is [Cl-].[Cl-].[Cl-].[Hf+4].c1ccc(-[c-]2cccc2)cc1. The molecule has 0 aliphatic rings. The zero-order valence-electron chi connectivity index (χ0n) is 7.83. The van der Waals surface area contributed by atoms with E-state index in [0.717, 1.165) is 0 Å². The Balaban J connectivity index is -0.000000360. The number of hydrogen-bond acceptors (Lipinski definition) is 0. The second kappa shape index (κ2) is 10.8. The summed E-state index contributed by atoms with van der Waals surface area (Å²) in [5.41, 5.74) is 2.59. The van der Waals surface area contributed by atoms with Gasteiger partial charge < -0.3 is 37.2 Å². The number of halogens is 3. The van der Waals surface area contributed by atoms with Gasteiger partial charge in [0, 0.05) is 0 Å². The molecule has 0 aliphatic carbocycles. The fourth-order valence-electron chi connectivity index (χ4n) is 1.20. The quantitative estimate of drug-likeness (QED) is 0.315. The minimum absolute atomic E-state index is 0. The Labute approximate surface area is 128 Å². The first-order valence-electron chi connectivity index (χ1n) is 3.74. The number of benzene rings is 1. The van der Waals surface area contributed by atoms with E-state index in [1.807, 2.05) is 6.07 Å². The van der Waals surface area contributed by atoms with Gasteiger partial charge >= 0.3 is 25.8 Å². The van der Waals surface area contributed by atoms with Gasteiger partial charge in [-0.05, 0) is 0 Å². The van der Waals surface area contributed by atoms with Crippen molar-refractivity contribution in [2.24, 2.45) is 0 Å². The van der Waals surface area contributed by atoms with Gasteiger partial charge in [-0.25, -0.2) is 0 Å². The normalized spacial score (nSPS) is 7.20. The van der Waals surface area contributed by atoms with Crippen LogP contribution in [-0.4, -0.2) is 0 Å². The molecule has 0 radical (unpaired) electrons. The van der Waals surface area contributed by atoms with E-state index in [0.29, 0.717) is 0 Å². The van der Waals surface area contributed by atoms with E-state index < -0.39 is 0 Å². The van der Waals surface area contributed by atoms with Crippen molar-refractivity contribution in [2.75, 3.05) is 0 Å². The van der Waals surface area contributed by atoms with Gasteiger partial charge in [0.15, 0.2) is 0 Å². The first-order chi connectivity index (χ1) is 5.47. The molecule has 0 atom stereocenters. The number of rotatable bonds is 1. The van der Waals surface area contributed by atoms with Gasteiger partial charge in [-0.1, -0.05) is 23.8 Å². The van der Waals surface area contributed by atoms with Crippen LogP contribution < -0.4 is 37.2 Å². The summed E-state index contributed by atoms with van der Waals surface area (Å²) in [6, 6.07) is 18.7.